The topological polar surface area (TPSA) is 34.9 Å². The summed E-state index contributed by atoms with van der Waals surface area (Å²) in [4.78, 5) is 11.6. The Labute approximate surface area is 103 Å². The summed E-state index contributed by atoms with van der Waals surface area (Å²) >= 11 is 0. The number of benzene rings is 1. The van der Waals surface area contributed by atoms with Crippen LogP contribution in [0.5, 0.6) is 0 Å². The van der Waals surface area contributed by atoms with E-state index in [1.54, 1.807) is 30.3 Å². The van der Waals surface area contributed by atoms with E-state index in [0.717, 1.165) is 0 Å². The van der Waals surface area contributed by atoms with Gasteiger partial charge in [0, 0.05) is 12.5 Å². The maximum atomic E-state index is 12.8. The second kappa shape index (κ2) is 4.68. The van der Waals surface area contributed by atoms with Crippen LogP contribution in [0.25, 0.3) is 5.69 Å². The molecule has 0 atom stereocenters. The number of aromatic nitrogens is 2. The van der Waals surface area contributed by atoms with Gasteiger partial charge in [0.15, 0.2) is 5.78 Å². The summed E-state index contributed by atoms with van der Waals surface area (Å²) in [5.74, 6) is -0.282. The minimum atomic E-state index is -2.69. The Kier molecular flexibility index (Phi) is 3.23. The Bertz CT molecular complexity index is 576. The summed E-state index contributed by atoms with van der Waals surface area (Å²) in [6, 6.07) is 8.76. The highest BCUT2D eigenvalue weighted by atomic mass is 19.3. The number of Topliss-reactive ketones (excluding diaryl/α,β-unsaturated/α-hetero) is 1. The number of rotatable bonds is 3. The van der Waals surface area contributed by atoms with Crippen LogP contribution in [0, 0.1) is 6.92 Å². The molecule has 0 bridgehead atoms. The summed E-state index contributed by atoms with van der Waals surface area (Å²) in [5.41, 5.74) is 0.694. The van der Waals surface area contributed by atoms with Crippen molar-refractivity contribution in [2.45, 2.75) is 20.3 Å². The molecule has 0 fully saturated rings. The molecule has 0 saturated heterocycles. The molecule has 2 aromatic rings. The van der Waals surface area contributed by atoms with Crippen LogP contribution in [0.1, 0.15) is 35.1 Å². The maximum Gasteiger partial charge on any atom is 0.282 e. The molecule has 0 saturated carbocycles. The van der Waals surface area contributed by atoms with Crippen molar-refractivity contribution in [1.82, 2.24) is 9.78 Å². The molecule has 0 spiro atoms. The van der Waals surface area contributed by atoms with Crippen molar-refractivity contribution < 1.29 is 13.6 Å². The van der Waals surface area contributed by atoms with Gasteiger partial charge in [0.2, 0.25) is 0 Å². The summed E-state index contributed by atoms with van der Waals surface area (Å²) in [7, 11) is 0. The number of carbonyl (C=O) groups excluding carboxylic acids is 1. The molecule has 0 radical (unpaired) electrons. The van der Waals surface area contributed by atoms with Gasteiger partial charge in [-0.1, -0.05) is 18.2 Å². The largest absolute Gasteiger partial charge is 0.293 e. The number of hydrogen-bond acceptors (Lipinski definition) is 2. The number of ketones is 1. The predicted molar refractivity (Wildman–Crippen MR) is 63.3 cm³/mol. The fourth-order valence-electron chi connectivity index (χ4n) is 1.89. The molecule has 1 heterocycles. The first kappa shape index (κ1) is 12.4. The fourth-order valence-corrected chi connectivity index (χ4v) is 1.89. The first-order valence-corrected chi connectivity index (χ1v) is 5.46. The monoisotopic (exact) mass is 250 g/mol. The molecular weight excluding hydrogens is 238 g/mol. The van der Waals surface area contributed by atoms with Gasteiger partial charge in [-0.05, 0) is 19.1 Å². The van der Waals surface area contributed by atoms with E-state index in [1.807, 2.05) is 0 Å². The molecule has 0 unspecified atom stereocenters. The van der Waals surface area contributed by atoms with Crippen molar-refractivity contribution in [2.75, 3.05) is 0 Å². The van der Waals surface area contributed by atoms with Gasteiger partial charge < -0.3 is 0 Å². The number of hydrogen-bond donors (Lipinski definition) is 0. The van der Waals surface area contributed by atoms with Gasteiger partial charge in [-0.25, -0.2) is 13.5 Å². The first-order valence-electron chi connectivity index (χ1n) is 5.46. The predicted octanol–water partition coefficient (Wildman–Crippen LogP) is 3.32. The zero-order chi connectivity index (χ0) is 13.3. The minimum Gasteiger partial charge on any atom is -0.293 e. The van der Waals surface area contributed by atoms with Crippen LogP contribution in [0.15, 0.2) is 30.3 Å². The number of para-hydroxylation sites is 1. The average Bonchev–Trinajstić information content (AvgIpc) is 2.68. The van der Waals surface area contributed by atoms with E-state index in [2.05, 4.69) is 5.10 Å². The van der Waals surface area contributed by atoms with Gasteiger partial charge in [-0.2, -0.15) is 5.10 Å². The van der Waals surface area contributed by atoms with Crippen LogP contribution in [-0.2, 0) is 0 Å². The third-order valence-electron chi connectivity index (χ3n) is 2.70. The molecule has 94 valence electrons. The quantitative estimate of drug-likeness (QED) is 0.783. The Morgan fingerprint density at radius 1 is 1.28 bits per heavy atom. The number of carbonyl (C=O) groups is 1. The van der Waals surface area contributed by atoms with E-state index in [1.165, 1.54) is 18.5 Å². The third kappa shape index (κ3) is 2.03. The van der Waals surface area contributed by atoms with Crippen LogP contribution < -0.4 is 0 Å². The first-order chi connectivity index (χ1) is 8.52. The molecule has 5 heteroatoms. The lowest BCUT2D eigenvalue weighted by Gasteiger charge is -2.04. The Hall–Kier alpha value is -2.04. The smallest absolute Gasteiger partial charge is 0.282 e. The van der Waals surface area contributed by atoms with E-state index in [0.29, 0.717) is 5.69 Å². The summed E-state index contributed by atoms with van der Waals surface area (Å²) in [6.45, 7) is 2.84. The Balaban J connectivity index is 2.67. The fraction of sp³-hybridized carbons (Fsp3) is 0.231. The zero-order valence-corrected chi connectivity index (χ0v) is 10.0. The number of halogens is 2. The van der Waals surface area contributed by atoms with E-state index in [-0.39, 0.29) is 22.7 Å². The lowest BCUT2D eigenvalue weighted by molar-refractivity contribution is 0.101. The summed E-state index contributed by atoms with van der Waals surface area (Å²) < 4.78 is 26.9. The molecule has 0 aliphatic carbocycles. The Morgan fingerprint density at radius 3 is 2.39 bits per heavy atom. The third-order valence-corrected chi connectivity index (χ3v) is 2.70. The molecule has 2 rings (SSSR count). The molecule has 18 heavy (non-hydrogen) atoms. The SMILES string of the molecule is CC(=O)c1c(C)c(C(F)F)nn1-c1ccccc1. The van der Waals surface area contributed by atoms with E-state index >= 15 is 0 Å². The van der Waals surface area contributed by atoms with Crippen LogP contribution in [0.3, 0.4) is 0 Å². The minimum absolute atomic E-state index is 0.205. The van der Waals surface area contributed by atoms with Gasteiger partial charge >= 0.3 is 0 Å². The number of alkyl halides is 2. The van der Waals surface area contributed by atoms with Gasteiger partial charge in [-0.3, -0.25) is 4.79 Å². The van der Waals surface area contributed by atoms with E-state index in [9.17, 15) is 13.6 Å². The molecule has 3 nitrogen and oxygen atoms in total. The van der Waals surface area contributed by atoms with Crippen LogP contribution in [-0.4, -0.2) is 15.6 Å². The average molecular weight is 250 g/mol. The maximum absolute atomic E-state index is 12.8. The molecule has 0 N–H and O–H groups in total. The van der Waals surface area contributed by atoms with Crippen molar-refractivity contribution in [2.24, 2.45) is 0 Å². The van der Waals surface area contributed by atoms with Crippen molar-refractivity contribution >= 4 is 5.78 Å². The van der Waals surface area contributed by atoms with Crippen LogP contribution in [0.4, 0.5) is 8.78 Å². The second-order valence-corrected chi connectivity index (χ2v) is 3.96. The van der Waals surface area contributed by atoms with E-state index < -0.39 is 6.43 Å². The van der Waals surface area contributed by atoms with Crippen LogP contribution in [0.2, 0.25) is 0 Å². The number of nitrogens with zero attached hydrogens (tertiary/aromatic N) is 2. The standard InChI is InChI=1S/C13H12F2N2O/c1-8-11(13(14)15)16-17(12(8)9(2)18)10-6-4-3-5-7-10/h3-7,13H,1-2H3. The molecule has 1 aromatic carbocycles. The van der Waals surface area contributed by atoms with Crippen molar-refractivity contribution in [3.63, 3.8) is 0 Å². The highest BCUT2D eigenvalue weighted by Gasteiger charge is 2.23. The van der Waals surface area contributed by atoms with Crippen LogP contribution >= 0.6 is 0 Å². The lowest BCUT2D eigenvalue weighted by atomic mass is 10.1. The molecule has 0 amide bonds. The lowest BCUT2D eigenvalue weighted by Crippen LogP contribution is -2.06. The van der Waals surface area contributed by atoms with Gasteiger partial charge in [0.05, 0.1) is 5.69 Å². The second-order valence-electron chi connectivity index (χ2n) is 3.96. The highest BCUT2D eigenvalue weighted by molar-refractivity contribution is 5.94. The zero-order valence-electron chi connectivity index (χ0n) is 10.0. The molecule has 0 aliphatic rings. The molecule has 0 aliphatic heterocycles. The molecular formula is C13H12F2N2O. The van der Waals surface area contributed by atoms with Crippen molar-refractivity contribution in [3.8, 4) is 5.69 Å². The van der Waals surface area contributed by atoms with Crippen molar-refractivity contribution in [3.05, 3.63) is 47.3 Å². The summed E-state index contributed by atoms with van der Waals surface area (Å²) in [6.07, 6.45) is -2.69. The Morgan fingerprint density at radius 2 is 1.89 bits per heavy atom. The normalized spacial score (nSPS) is 10.9. The van der Waals surface area contributed by atoms with Gasteiger partial charge in [0.25, 0.3) is 6.43 Å². The highest BCUT2D eigenvalue weighted by Crippen LogP contribution is 2.26. The van der Waals surface area contributed by atoms with E-state index in [4.69, 9.17) is 0 Å². The van der Waals surface area contributed by atoms with Gasteiger partial charge in [-0.15, -0.1) is 0 Å². The van der Waals surface area contributed by atoms with Crippen molar-refractivity contribution in [1.29, 1.82) is 0 Å². The summed E-state index contributed by atoms with van der Waals surface area (Å²) in [5, 5.41) is 3.85. The van der Waals surface area contributed by atoms with Gasteiger partial charge in [0.1, 0.15) is 11.4 Å². The molecule has 1 aromatic heterocycles.